The van der Waals surface area contributed by atoms with Gasteiger partial charge in [0, 0.05) is 19.7 Å². The van der Waals surface area contributed by atoms with Crippen LogP contribution >= 0.6 is 0 Å². The van der Waals surface area contributed by atoms with Crippen molar-refractivity contribution in [3.8, 4) is 0 Å². The van der Waals surface area contributed by atoms with E-state index in [1.807, 2.05) is 20.8 Å². The number of nitrogens with zero attached hydrogens (tertiary/aromatic N) is 1. The number of amides is 2. The smallest absolute Gasteiger partial charge is 0.326 e. The van der Waals surface area contributed by atoms with E-state index in [2.05, 4.69) is 5.32 Å². The van der Waals surface area contributed by atoms with E-state index in [1.54, 1.807) is 4.90 Å². The number of carbonyl (C=O) groups excluding carboxylic acids is 1. The molecule has 0 spiro atoms. The number of aliphatic carboxylic acids is 1. The Hall–Kier alpha value is -1.30. The Bertz CT molecular complexity index is 327. The predicted octanol–water partition coefficient (Wildman–Crippen LogP) is 1.70. The molecule has 1 saturated heterocycles. The van der Waals surface area contributed by atoms with Crippen LogP contribution in [0.3, 0.4) is 0 Å². The molecule has 0 aliphatic carbocycles. The maximum absolute atomic E-state index is 12.2. The van der Waals surface area contributed by atoms with Crippen molar-refractivity contribution < 1.29 is 19.4 Å². The first-order valence-corrected chi connectivity index (χ1v) is 7.33. The third kappa shape index (κ3) is 5.36. The Morgan fingerprint density at radius 3 is 2.60 bits per heavy atom. The van der Waals surface area contributed by atoms with Gasteiger partial charge in [-0.25, -0.2) is 9.59 Å². The zero-order valence-corrected chi connectivity index (χ0v) is 12.6. The van der Waals surface area contributed by atoms with Crippen LogP contribution in [0.4, 0.5) is 4.79 Å². The second kappa shape index (κ2) is 8.09. The van der Waals surface area contributed by atoms with Gasteiger partial charge in [0.1, 0.15) is 6.04 Å². The van der Waals surface area contributed by atoms with Gasteiger partial charge in [-0.3, -0.25) is 0 Å². The molecule has 1 fully saturated rings. The fourth-order valence-electron chi connectivity index (χ4n) is 2.32. The fraction of sp³-hybridized carbons (Fsp3) is 0.857. The molecule has 0 aromatic carbocycles. The summed E-state index contributed by atoms with van der Waals surface area (Å²) in [6, 6.07) is -1.16. The normalized spacial score (nSPS) is 19.9. The van der Waals surface area contributed by atoms with Crippen LogP contribution in [0, 0.1) is 5.92 Å². The number of nitrogens with one attached hydrogen (secondary N) is 1. The molecule has 0 aromatic heterocycles. The van der Waals surface area contributed by atoms with Gasteiger partial charge in [-0.2, -0.15) is 0 Å². The minimum atomic E-state index is -0.986. The molecule has 6 nitrogen and oxygen atoms in total. The lowest BCUT2D eigenvalue weighted by molar-refractivity contribution is -0.139. The molecule has 116 valence electrons. The summed E-state index contributed by atoms with van der Waals surface area (Å²) in [6.07, 6.45) is 2.49. The van der Waals surface area contributed by atoms with E-state index in [9.17, 15) is 9.59 Å². The highest BCUT2D eigenvalue weighted by Gasteiger charge is 2.26. The monoisotopic (exact) mass is 286 g/mol. The zero-order valence-electron chi connectivity index (χ0n) is 12.6. The molecule has 0 aromatic rings. The minimum Gasteiger partial charge on any atom is -0.480 e. The first kappa shape index (κ1) is 16.8. The number of likely N-dealkylation sites (N-methyl/N-ethyl adjacent to an activating group) is 1. The first-order chi connectivity index (χ1) is 9.43. The molecule has 20 heavy (non-hydrogen) atoms. The van der Waals surface area contributed by atoms with Gasteiger partial charge >= 0.3 is 12.0 Å². The molecule has 2 atom stereocenters. The summed E-state index contributed by atoms with van der Waals surface area (Å²) in [4.78, 5) is 24.9. The fourth-order valence-corrected chi connectivity index (χ4v) is 2.32. The Morgan fingerprint density at radius 2 is 2.15 bits per heavy atom. The van der Waals surface area contributed by atoms with Crippen molar-refractivity contribution >= 4 is 12.0 Å². The number of carboxylic acids is 1. The van der Waals surface area contributed by atoms with Gasteiger partial charge in [-0.05, 0) is 32.1 Å². The zero-order chi connectivity index (χ0) is 15.1. The Labute approximate surface area is 120 Å². The van der Waals surface area contributed by atoms with E-state index in [1.165, 1.54) is 0 Å². The highest BCUT2D eigenvalue weighted by Crippen LogP contribution is 2.13. The van der Waals surface area contributed by atoms with Gasteiger partial charge in [0.2, 0.25) is 0 Å². The van der Waals surface area contributed by atoms with E-state index < -0.39 is 12.0 Å². The summed E-state index contributed by atoms with van der Waals surface area (Å²) in [5, 5.41) is 11.8. The quantitative estimate of drug-likeness (QED) is 0.746. The molecule has 6 heteroatoms. The van der Waals surface area contributed by atoms with E-state index in [0.29, 0.717) is 19.5 Å². The average Bonchev–Trinajstić information content (AvgIpc) is 2.87. The number of carboxylic acid groups (broad SMARTS) is 1. The summed E-state index contributed by atoms with van der Waals surface area (Å²) in [6.45, 7) is 7.57. The number of carbonyl (C=O) groups is 2. The standard InChI is InChI=1S/C14H26N2O4/c1-4-16(9-11-6-5-7-20-11)14(19)15-12(13(17)18)8-10(2)3/h10-12H,4-9H2,1-3H3,(H,15,19)(H,17,18). The third-order valence-corrected chi connectivity index (χ3v) is 3.42. The number of ether oxygens (including phenoxy) is 1. The molecule has 2 unspecified atom stereocenters. The number of urea groups is 1. The molecule has 1 rings (SSSR count). The summed E-state index contributed by atoms with van der Waals surface area (Å²) in [5.41, 5.74) is 0. The van der Waals surface area contributed by atoms with E-state index in [-0.39, 0.29) is 18.1 Å². The minimum absolute atomic E-state index is 0.0778. The number of hydrogen-bond acceptors (Lipinski definition) is 3. The van der Waals surface area contributed by atoms with E-state index in [0.717, 1.165) is 19.4 Å². The maximum Gasteiger partial charge on any atom is 0.326 e. The van der Waals surface area contributed by atoms with Crippen LogP contribution in [0.2, 0.25) is 0 Å². The molecular weight excluding hydrogens is 260 g/mol. The van der Waals surface area contributed by atoms with Crippen LogP contribution in [0.5, 0.6) is 0 Å². The van der Waals surface area contributed by atoms with Gasteiger partial charge < -0.3 is 20.1 Å². The van der Waals surface area contributed by atoms with Gasteiger partial charge in [-0.15, -0.1) is 0 Å². The van der Waals surface area contributed by atoms with Crippen LogP contribution in [0.25, 0.3) is 0 Å². The summed E-state index contributed by atoms with van der Waals surface area (Å²) < 4.78 is 5.51. The average molecular weight is 286 g/mol. The Morgan fingerprint density at radius 1 is 1.45 bits per heavy atom. The second-order valence-corrected chi connectivity index (χ2v) is 5.64. The summed E-state index contributed by atoms with van der Waals surface area (Å²) in [5.74, 6) is -0.773. The van der Waals surface area contributed by atoms with Crippen molar-refractivity contribution in [2.75, 3.05) is 19.7 Å². The molecular formula is C14H26N2O4. The van der Waals surface area contributed by atoms with Crippen molar-refractivity contribution in [3.05, 3.63) is 0 Å². The lowest BCUT2D eigenvalue weighted by atomic mass is 10.0. The molecule has 0 bridgehead atoms. The summed E-state index contributed by atoms with van der Waals surface area (Å²) in [7, 11) is 0. The van der Waals surface area contributed by atoms with Crippen LogP contribution < -0.4 is 5.32 Å². The highest BCUT2D eigenvalue weighted by molar-refractivity contribution is 5.82. The molecule has 2 N–H and O–H groups in total. The lowest BCUT2D eigenvalue weighted by Gasteiger charge is -2.26. The topological polar surface area (TPSA) is 78.9 Å². The molecule has 1 aliphatic heterocycles. The van der Waals surface area contributed by atoms with Crippen molar-refractivity contribution in [1.29, 1.82) is 0 Å². The molecule has 0 radical (unpaired) electrons. The van der Waals surface area contributed by atoms with Crippen molar-refractivity contribution in [1.82, 2.24) is 10.2 Å². The first-order valence-electron chi connectivity index (χ1n) is 7.33. The van der Waals surface area contributed by atoms with E-state index >= 15 is 0 Å². The van der Waals surface area contributed by atoms with Crippen molar-refractivity contribution in [2.45, 2.75) is 52.2 Å². The van der Waals surface area contributed by atoms with E-state index in [4.69, 9.17) is 9.84 Å². The Kier molecular flexibility index (Phi) is 6.78. The van der Waals surface area contributed by atoms with Gasteiger partial charge in [-0.1, -0.05) is 13.8 Å². The molecule has 2 amide bonds. The largest absolute Gasteiger partial charge is 0.480 e. The van der Waals surface area contributed by atoms with Crippen LogP contribution in [-0.2, 0) is 9.53 Å². The van der Waals surface area contributed by atoms with Gasteiger partial charge in [0.25, 0.3) is 0 Å². The maximum atomic E-state index is 12.2. The van der Waals surface area contributed by atoms with Gasteiger partial charge in [0.15, 0.2) is 0 Å². The number of rotatable bonds is 7. The third-order valence-electron chi connectivity index (χ3n) is 3.42. The highest BCUT2D eigenvalue weighted by atomic mass is 16.5. The molecule has 1 aliphatic rings. The molecule has 0 saturated carbocycles. The second-order valence-electron chi connectivity index (χ2n) is 5.64. The SMILES string of the molecule is CCN(CC1CCCO1)C(=O)NC(CC(C)C)C(=O)O. The van der Waals surface area contributed by atoms with Crippen molar-refractivity contribution in [2.24, 2.45) is 5.92 Å². The number of hydrogen-bond donors (Lipinski definition) is 2. The lowest BCUT2D eigenvalue weighted by Crippen LogP contribution is -2.50. The Balaban J connectivity index is 2.53. The van der Waals surface area contributed by atoms with Crippen LogP contribution in [-0.4, -0.2) is 53.8 Å². The van der Waals surface area contributed by atoms with Crippen LogP contribution in [0.15, 0.2) is 0 Å². The van der Waals surface area contributed by atoms with Gasteiger partial charge in [0.05, 0.1) is 6.10 Å². The predicted molar refractivity (Wildman–Crippen MR) is 75.6 cm³/mol. The molecule has 1 heterocycles. The van der Waals surface area contributed by atoms with Crippen molar-refractivity contribution in [3.63, 3.8) is 0 Å². The van der Waals surface area contributed by atoms with Crippen LogP contribution in [0.1, 0.15) is 40.0 Å². The summed E-state index contributed by atoms with van der Waals surface area (Å²) >= 11 is 0.